The lowest BCUT2D eigenvalue weighted by molar-refractivity contribution is 0.158. The van der Waals surface area contributed by atoms with Crippen LogP contribution < -0.4 is 5.73 Å². The Morgan fingerprint density at radius 1 is 1.44 bits per heavy atom. The molecule has 1 fully saturated rings. The molecule has 1 aromatic heterocycles. The molecule has 0 amide bonds. The lowest BCUT2D eigenvalue weighted by Gasteiger charge is -2.31. The highest BCUT2D eigenvalue weighted by atomic mass is 15.3. The van der Waals surface area contributed by atoms with Gasteiger partial charge in [-0.05, 0) is 44.8 Å². The lowest BCUT2D eigenvalue weighted by atomic mass is 10.0. The summed E-state index contributed by atoms with van der Waals surface area (Å²) in [6.07, 6.45) is 5.83. The van der Waals surface area contributed by atoms with Crippen molar-refractivity contribution in [2.75, 3.05) is 13.1 Å². The van der Waals surface area contributed by atoms with Gasteiger partial charge in [0, 0.05) is 25.3 Å². The Bertz CT molecular complexity index is 360. The zero-order valence-corrected chi connectivity index (χ0v) is 11.7. The fraction of sp³-hybridized carbons (Fsp3) is 0.786. The number of nitrogens with zero attached hydrogens (tertiary/aromatic N) is 3. The summed E-state index contributed by atoms with van der Waals surface area (Å²) < 4.78 is 2.09. The highest BCUT2D eigenvalue weighted by Crippen LogP contribution is 2.30. The SMILES string of the molecule is CCN(Cc1ccnn1CC)C1CCCC1CN. The van der Waals surface area contributed by atoms with Gasteiger partial charge in [0.25, 0.3) is 0 Å². The first kappa shape index (κ1) is 13.6. The van der Waals surface area contributed by atoms with Crippen LogP contribution in [0.3, 0.4) is 0 Å². The van der Waals surface area contributed by atoms with E-state index in [1.165, 1.54) is 25.0 Å². The average molecular weight is 250 g/mol. The summed E-state index contributed by atoms with van der Waals surface area (Å²) in [7, 11) is 0. The Hall–Kier alpha value is -0.870. The van der Waals surface area contributed by atoms with Crippen molar-refractivity contribution in [3.63, 3.8) is 0 Å². The van der Waals surface area contributed by atoms with E-state index in [1.807, 2.05) is 6.20 Å². The molecule has 0 aliphatic heterocycles. The number of rotatable bonds is 6. The van der Waals surface area contributed by atoms with Crippen LogP contribution in [0.1, 0.15) is 38.8 Å². The Morgan fingerprint density at radius 2 is 2.28 bits per heavy atom. The molecule has 0 saturated heterocycles. The predicted octanol–water partition coefficient (Wildman–Crippen LogP) is 1.85. The number of aryl methyl sites for hydroxylation is 1. The second-order valence-electron chi connectivity index (χ2n) is 5.20. The van der Waals surface area contributed by atoms with Crippen molar-refractivity contribution >= 4 is 0 Å². The van der Waals surface area contributed by atoms with Crippen LogP contribution in [-0.4, -0.2) is 33.8 Å². The summed E-state index contributed by atoms with van der Waals surface area (Å²) in [6.45, 7) is 8.27. The molecule has 1 aliphatic rings. The smallest absolute Gasteiger partial charge is 0.0524 e. The van der Waals surface area contributed by atoms with Crippen molar-refractivity contribution in [1.82, 2.24) is 14.7 Å². The number of hydrogen-bond donors (Lipinski definition) is 1. The van der Waals surface area contributed by atoms with Crippen LogP contribution in [0.2, 0.25) is 0 Å². The molecule has 1 heterocycles. The molecular weight excluding hydrogens is 224 g/mol. The standard InChI is InChI=1S/C14H26N4/c1-3-17(14-7-5-6-12(14)10-15)11-13-8-9-16-18(13)4-2/h8-9,12,14H,3-7,10-11,15H2,1-2H3. The Morgan fingerprint density at radius 3 is 2.94 bits per heavy atom. The quantitative estimate of drug-likeness (QED) is 0.838. The minimum Gasteiger partial charge on any atom is -0.330 e. The fourth-order valence-corrected chi connectivity index (χ4v) is 3.22. The van der Waals surface area contributed by atoms with Crippen molar-refractivity contribution in [2.45, 2.75) is 52.2 Å². The van der Waals surface area contributed by atoms with E-state index < -0.39 is 0 Å². The van der Waals surface area contributed by atoms with Gasteiger partial charge in [-0.25, -0.2) is 0 Å². The van der Waals surface area contributed by atoms with Crippen molar-refractivity contribution in [2.24, 2.45) is 11.7 Å². The van der Waals surface area contributed by atoms with Crippen LogP contribution in [0, 0.1) is 5.92 Å². The molecule has 0 spiro atoms. The molecule has 0 aromatic carbocycles. The van der Waals surface area contributed by atoms with Crippen molar-refractivity contribution in [1.29, 1.82) is 0 Å². The highest BCUT2D eigenvalue weighted by molar-refractivity contribution is 5.01. The van der Waals surface area contributed by atoms with E-state index >= 15 is 0 Å². The highest BCUT2D eigenvalue weighted by Gasteiger charge is 2.30. The second-order valence-corrected chi connectivity index (χ2v) is 5.20. The predicted molar refractivity (Wildman–Crippen MR) is 74.2 cm³/mol. The first-order valence-electron chi connectivity index (χ1n) is 7.24. The van der Waals surface area contributed by atoms with E-state index in [0.717, 1.165) is 26.2 Å². The number of nitrogens with two attached hydrogens (primary N) is 1. The van der Waals surface area contributed by atoms with Crippen molar-refractivity contribution in [3.8, 4) is 0 Å². The molecule has 4 nitrogen and oxygen atoms in total. The van der Waals surface area contributed by atoms with Gasteiger partial charge >= 0.3 is 0 Å². The second kappa shape index (κ2) is 6.34. The van der Waals surface area contributed by atoms with Gasteiger partial charge in [0.05, 0.1) is 5.69 Å². The maximum absolute atomic E-state index is 5.90. The molecule has 2 N–H and O–H groups in total. The van der Waals surface area contributed by atoms with Gasteiger partial charge in [-0.15, -0.1) is 0 Å². The molecular formula is C14H26N4. The molecule has 1 saturated carbocycles. The first-order valence-corrected chi connectivity index (χ1v) is 7.24. The molecule has 18 heavy (non-hydrogen) atoms. The molecule has 2 rings (SSSR count). The van der Waals surface area contributed by atoms with Gasteiger partial charge in [-0.2, -0.15) is 5.10 Å². The van der Waals surface area contributed by atoms with Crippen LogP contribution in [0.4, 0.5) is 0 Å². The van der Waals surface area contributed by atoms with Gasteiger partial charge in [0.1, 0.15) is 0 Å². The van der Waals surface area contributed by atoms with E-state index in [-0.39, 0.29) is 0 Å². The molecule has 2 unspecified atom stereocenters. The fourth-order valence-electron chi connectivity index (χ4n) is 3.22. The Labute approximate surface area is 110 Å². The zero-order chi connectivity index (χ0) is 13.0. The average Bonchev–Trinajstić information content (AvgIpc) is 3.03. The number of hydrogen-bond acceptors (Lipinski definition) is 3. The molecule has 102 valence electrons. The maximum Gasteiger partial charge on any atom is 0.0524 e. The molecule has 0 radical (unpaired) electrons. The first-order chi connectivity index (χ1) is 8.80. The summed E-state index contributed by atoms with van der Waals surface area (Å²) in [5.41, 5.74) is 7.22. The molecule has 0 bridgehead atoms. The van der Waals surface area contributed by atoms with E-state index in [1.54, 1.807) is 0 Å². The van der Waals surface area contributed by atoms with E-state index in [2.05, 4.69) is 34.6 Å². The van der Waals surface area contributed by atoms with Gasteiger partial charge in [-0.3, -0.25) is 9.58 Å². The topological polar surface area (TPSA) is 47.1 Å². The monoisotopic (exact) mass is 250 g/mol. The van der Waals surface area contributed by atoms with Gasteiger partial charge < -0.3 is 5.73 Å². The molecule has 1 aliphatic carbocycles. The van der Waals surface area contributed by atoms with E-state index in [9.17, 15) is 0 Å². The minimum atomic E-state index is 0.667. The van der Waals surface area contributed by atoms with Crippen molar-refractivity contribution in [3.05, 3.63) is 18.0 Å². The largest absolute Gasteiger partial charge is 0.330 e. The van der Waals surface area contributed by atoms with Crippen LogP contribution >= 0.6 is 0 Å². The molecule has 1 aromatic rings. The molecule has 4 heteroatoms. The third-order valence-electron chi connectivity index (χ3n) is 4.27. The van der Waals surface area contributed by atoms with Gasteiger partial charge in [0.2, 0.25) is 0 Å². The summed E-state index contributed by atoms with van der Waals surface area (Å²) in [5, 5.41) is 4.35. The Kier molecular flexibility index (Phi) is 4.78. The Balaban J connectivity index is 2.05. The van der Waals surface area contributed by atoms with Gasteiger partial charge in [0.15, 0.2) is 0 Å². The molecule has 2 atom stereocenters. The third-order valence-corrected chi connectivity index (χ3v) is 4.27. The zero-order valence-electron chi connectivity index (χ0n) is 11.7. The van der Waals surface area contributed by atoms with Gasteiger partial charge in [-0.1, -0.05) is 13.3 Å². The van der Waals surface area contributed by atoms with Crippen molar-refractivity contribution < 1.29 is 0 Å². The van der Waals surface area contributed by atoms with E-state index in [0.29, 0.717) is 12.0 Å². The summed E-state index contributed by atoms with van der Waals surface area (Å²) >= 11 is 0. The van der Waals surface area contributed by atoms with Crippen LogP contribution in [0.5, 0.6) is 0 Å². The van der Waals surface area contributed by atoms with Crippen LogP contribution in [-0.2, 0) is 13.1 Å². The third kappa shape index (κ3) is 2.75. The maximum atomic E-state index is 5.90. The number of aromatic nitrogens is 2. The lowest BCUT2D eigenvalue weighted by Crippen LogP contribution is -2.40. The van der Waals surface area contributed by atoms with E-state index in [4.69, 9.17) is 5.73 Å². The summed E-state index contributed by atoms with van der Waals surface area (Å²) in [5.74, 6) is 0.683. The van der Waals surface area contributed by atoms with Crippen LogP contribution in [0.25, 0.3) is 0 Å². The van der Waals surface area contributed by atoms with Crippen LogP contribution in [0.15, 0.2) is 12.3 Å². The minimum absolute atomic E-state index is 0.667. The normalized spacial score (nSPS) is 24.0. The summed E-state index contributed by atoms with van der Waals surface area (Å²) in [4.78, 5) is 2.58. The summed E-state index contributed by atoms with van der Waals surface area (Å²) in [6, 6.07) is 2.80.